The molecular formula is C22H23N3O3S. The molecule has 2 atom stereocenters. The van der Waals surface area contributed by atoms with E-state index in [2.05, 4.69) is 23.2 Å². The highest BCUT2D eigenvalue weighted by molar-refractivity contribution is 8.00. The molecule has 2 unspecified atom stereocenters. The standard InChI is InChI=1S/C22H23N3O3S/c1-14-12-17-6-4-5-7-19(17)25(14)21(26)15(2)29-22-24-23-20(28-22)13-16-8-10-18(27-3)11-9-16/h4-11,14-15H,12-13H2,1-3H3. The van der Waals surface area contributed by atoms with E-state index in [-0.39, 0.29) is 17.2 Å². The van der Waals surface area contributed by atoms with E-state index in [0.717, 1.165) is 23.4 Å². The quantitative estimate of drug-likeness (QED) is 0.570. The van der Waals surface area contributed by atoms with Crippen molar-refractivity contribution in [2.45, 2.75) is 43.2 Å². The fourth-order valence-corrected chi connectivity index (χ4v) is 4.32. The van der Waals surface area contributed by atoms with E-state index in [0.29, 0.717) is 17.5 Å². The number of nitrogens with zero attached hydrogens (tertiary/aromatic N) is 3. The Bertz CT molecular complexity index is 1000. The lowest BCUT2D eigenvalue weighted by Gasteiger charge is -2.25. The van der Waals surface area contributed by atoms with Crippen LogP contribution in [0.3, 0.4) is 0 Å². The summed E-state index contributed by atoms with van der Waals surface area (Å²) in [4.78, 5) is 15.0. The van der Waals surface area contributed by atoms with E-state index in [1.165, 1.54) is 17.3 Å². The molecule has 2 aromatic carbocycles. The summed E-state index contributed by atoms with van der Waals surface area (Å²) < 4.78 is 10.9. The van der Waals surface area contributed by atoms with Gasteiger partial charge in [-0.3, -0.25) is 4.79 Å². The van der Waals surface area contributed by atoms with Gasteiger partial charge >= 0.3 is 0 Å². The molecule has 0 N–H and O–H groups in total. The van der Waals surface area contributed by atoms with Crippen LogP contribution in [0, 0.1) is 0 Å². The van der Waals surface area contributed by atoms with Gasteiger partial charge in [-0.15, -0.1) is 10.2 Å². The molecule has 7 heteroatoms. The normalized spacial score (nSPS) is 16.5. The number of aromatic nitrogens is 2. The highest BCUT2D eigenvalue weighted by Crippen LogP contribution is 2.34. The third-order valence-electron chi connectivity index (χ3n) is 5.03. The van der Waals surface area contributed by atoms with E-state index in [4.69, 9.17) is 9.15 Å². The molecule has 4 rings (SSSR count). The second kappa shape index (κ2) is 8.29. The number of hydrogen-bond acceptors (Lipinski definition) is 6. The number of carbonyl (C=O) groups is 1. The number of thioether (sulfide) groups is 1. The fraction of sp³-hybridized carbons (Fsp3) is 0.318. The second-order valence-corrected chi connectivity index (χ2v) is 8.43. The number of fused-ring (bicyclic) bond motifs is 1. The summed E-state index contributed by atoms with van der Waals surface area (Å²) in [5.41, 5.74) is 3.27. The Morgan fingerprint density at radius 3 is 2.76 bits per heavy atom. The summed E-state index contributed by atoms with van der Waals surface area (Å²) in [5.74, 6) is 1.39. The Morgan fingerprint density at radius 2 is 2.00 bits per heavy atom. The van der Waals surface area contributed by atoms with Crippen molar-refractivity contribution in [2.75, 3.05) is 12.0 Å². The molecule has 0 bridgehead atoms. The third-order valence-corrected chi connectivity index (χ3v) is 5.95. The van der Waals surface area contributed by atoms with Crippen molar-refractivity contribution < 1.29 is 13.9 Å². The molecule has 1 amide bonds. The summed E-state index contributed by atoms with van der Waals surface area (Å²) in [6.07, 6.45) is 1.42. The Kier molecular flexibility index (Phi) is 5.58. The zero-order chi connectivity index (χ0) is 20.4. The first-order valence-electron chi connectivity index (χ1n) is 9.58. The Morgan fingerprint density at radius 1 is 1.24 bits per heavy atom. The Balaban J connectivity index is 1.41. The van der Waals surface area contributed by atoms with Gasteiger partial charge in [0.2, 0.25) is 11.8 Å². The lowest BCUT2D eigenvalue weighted by molar-refractivity contribution is -0.118. The van der Waals surface area contributed by atoms with Crippen LogP contribution in [0.1, 0.15) is 30.9 Å². The van der Waals surface area contributed by atoms with Crippen LogP contribution < -0.4 is 9.64 Å². The van der Waals surface area contributed by atoms with Gasteiger partial charge in [0.15, 0.2) is 0 Å². The Hall–Kier alpha value is -2.80. The van der Waals surface area contributed by atoms with Crippen molar-refractivity contribution in [1.82, 2.24) is 10.2 Å². The molecule has 29 heavy (non-hydrogen) atoms. The molecule has 0 radical (unpaired) electrons. The minimum absolute atomic E-state index is 0.0577. The molecule has 3 aromatic rings. The van der Waals surface area contributed by atoms with Gasteiger partial charge in [-0.05, 0) is 49.6 Å². The predicted octanol–water partition coefficient (Wildman–Crippen LogP) is 4.13. The molecule has 0 saturated heterocycles. The van der Waals surface area contributed by atoms with Crippen molar-refractivity contribution in [1.29, 1.82) is 0 Å². The minimum Gasteiger partial charge on any atom is -0.497 e. The molecule has 0 spiro atoms. The largest absolute Gasteiger partial charge is 0.497 e. The highest BCUT2D eigenvalue weighted by Gasteiger charge is 2.34. The number of hydrogen-bond donors (Lipinski definition) is 0. The lowest BCUT2D eigenvalue weighted by atomic mass is 10.1. The SMILES string of the molecule is COc1ccc(Cc2nnc(SC(C)C(=O)N3c4ccccc4CC3C)o2)cc1. The first kappa shape index (κ1) is 19.5. The van der Waals surface area contributed by atoms with Crippen molar-refractivity contribution in [3.8, 4) is 5.75 Å². The fourth-order valence-electron chi connectivity index (χ4n) is 3.57. The van der Waals surface area contributed by atoms with Crippen LogP contribution in [0.4, 0.5) is 5.69 Å². The van der Waals surface area contributed by atoms with Crippen LogP contribution in [-0.4, -0.2) is 34.5 Å². The molecule has 1 aromatic heterocycles. The monoisotopic (exact) mass is 409 g/mol. The van der Waals surface area contributed by atoms with Gasteiger partial charge in [0.05, 0.1) is 18.8 Å². The molecule has 0 aliphatic carbocycles. The lowest BCUT2D eigenvalue weighted by Crippen LogP contribution is -2.40. The Labute approximate surface area is 174 Å². The van der Waals surface area contributed by atoms with Crippen LogP contribution in [0.25, 0.3) is 0 Å². The number of ether oxygens (including phenoxy) is 1. The van der Waals surface area contributed by atoms with Crippen molar-refractivity contribution in [3.05, 3.63) is 65.5 Å². The third kappa shape index (κ3) is 4.15. The first-order valence-corrected chi connectivity index (χ1v) is 10.5. The topological polar surface area (TPSA) is 68.5 Å². The number of para-hydroxylation sites is 1. The molecule has 0 saturated carbocycles. The van der Waals surface area contributed by atoms with E-state index < -0.39 is 0 Å². The molecule has 1 aliphatic heterocycles. The average Bonchev–Trinajstić information content (AvgIpc) is 3.30. The number of benzene rings is 2. The maximum absolute atomic E-state index is 13.1. The van der Waals surface area contributed by atoms with Gasteiger partial charge in [0.25, 0.3) is 5.22 Å². The number of anilines is 1. The number of rotatable bonds is 6. The number of amides is 1. The first-order chi connectivity index (χ1) is 14.0. The molecule has 1 aliphatic rings. The predicted molar refractivity (Wildman–Crippen MR) is 113 cm³/mol. The summed E-state index contributed by atoms with van der Waals surface area (Å²) in [6.45, 7) is 3.96. The summed E-state index contributed by atoms with van der Waals surface area (Å²) in [5, 5.41) is 8.32. The van der Waals surface area contributed by atoms with Crippen LogP contribution in [0.5, 0.6) is 5.75 Å². The van der Waals surface area contributed by atoms with Gasteiger partial charge in [0.1, 0.15) is 5.75 Å². The van der Waals surface area contributed by atoms with Gasteiger partial charge in [-0.1, -0.05) is 42.1 Å². The molecular weight excluding hydrogens is 386 g/mol. The zero-order valence-corrected chi connectivity index (χ0v) is 17.5. The van der Waals surface area contributed by atoms with Gasteiger partial charge in [0, 0.05) is 11.7 Å². The maximum Gasteiger partial charge on any atom is 0.277 e. The molecule has 2 heterocycles. The van der Waals surface area contributed by atoms with E-state index >= 15 is 0 Å². The molecule has 150 valence electrons. The summed E-state index contributed by atoms with van der Waals surface area (Å²) in [7, 11) is 1.64. The number of carbonyl (C=O) groups excluding carboxylic acids is 1. The van der Waals surface area contributed by atoms with Crippen LogP contribution in [0.15, 0.2) is 58.2 Å². The van der Waals surface area contributed by atoms with E-state index in [1.807, 2.05) is 54.3 Å². The minimum atomic E-state index is -0.321. The van der Waals surface area contributed by atoms with Crippen LogP contribution in [0.2, 0.25) is 0 Å². The molecule has 0 fully saturated rings. The average molecular weight is 410 g/mol. The van der Waals surface area contributed by atoms with Crippen molar-refractivity contribution >= 4 is 23.4 Å². The van der Waals surface area contributed by atoms with Crippen molar-refractivity contribution in [3.63, 3.8) is 0 Å². The van der Waals surface area contributed by atoms with Crippen molar-refractivity contribution in [2.24, 2.45) is 0 Å². The second-order valence-electron chi connectivity index (χ2n) is 7.14. The van der Waals surface area contributed by atoms with E-state index in [9.17, 15) is 4.79 Å². The highest BCUT2D eigenvalue weighted by atomic mass is 32.2. The summed E-state index contributed by atoms with van der Waals surface area (Å²) in [6, 6.07) is 16.0. The zero-order valence-electron chi connectivity index (χ0n) is 16.7. The maximum atomic E-state index is 13.1. The van der Waals surface area contributed by atoms with Gasteiger partial charge in [-0.25, -0.2) is 0 Å². The van der Waals surface area contributed by atoms with Gasteiger partial charge < -0.3 is 14.1 Å². The molecule has 6 nitrogen and oxygen atoms in total. The van der Waals surface area contributed by atoms with Crippen LogP contribution in [-0.2, 0) is 17.6 Å². The smallest absolute Gasteiger partial charge is 0.277 e. The van der Waals surface area contributed by atoms with E-state index in [1.54, 1.807) is 7.11 Å². The summed E-state index contributed by atoms with van der Waals surface area (Å²) >= 11 is 1.30. The number of methoxy groups -OCH3 is 1. The van der Waals surface area contributed by atoms with Crippen LogP contribution >= 0.6 is 11.8 Å². The van der Waals surface area contributed by atoms with Gasteiger partial charge in [-0.2, -0.15) is 0 Å².